The van der Waals surface area contributed by atoms with Crippen molar-refractivity contribution in [3.63, 3.8) is 0 Å². The molecule has 1 rings (SSSR count). The predicted octanol–water partition coefficient (Wildman–Crippen LogP) is 2.51. The van der Waals surface area contributed by atoms with Crippen LogP contribution >= 0.6 is 21.2 Å². The maximum Gasteiger partial charge on any atom is 0.154 e. The lowest BCUT2D eigenvalue weighted by atomic mass is 10.2. The van der Waals surface area contributed by atoms with Crippen LogP contribution in [-0.2, 0) is 3.07 Å². The molecule has 1 aromatic carbocycles. The minimum atomic E-state index is -0.946. The van der Waals surface area contributed by atoms with Crippen molar-refractivity contribution in [2.45, 2.75) is 0 Å². The first-order valence-electron chi connectivity index (χ1n) is 2.57. The van der Waals surface area contributed by atoms with E-state index in [1.54, 1.807) is 4.43 Å². The molecule has 0 unspecified atom stereocenters. The highest BCUT2D eigenvalue weighted by Gasteiger charge is 1.86. The highest BCUT2D eigenvalue weighted by atomic mass is 127. The van der Waals surface area contributed by atoms with Gasteiger partial charge in [0.2, 0.25) is 0 Å². The zero-order valence-corrected chi connectivity index (χ0v) is 6.91. The molecule has 1 nitrogen and oxygen atoms in total. The summed E-state index contributed by atoms with van der Waals surface area (Å²) in [5.74, 6) is 0. The molecule has 1 radical (unpaired) electrons. The van der Waals surface area contributed by atoms with Crippen LogP contribution < -0.4 is 0 Å². The molecule has 1 aromatic rings. The zero-order valence-electron chi connectivity index (χ0n) is 4.75. The summed E-state index contributed by atoms with van der Waals surface area (Å²) in [4.78, 5) is 0. The van der Waals surface area contributed by atoms with Crippen LogP contribution in [0.3, 0.4) is 0 Å². The van der Waals surface area contributed by atoms with Crippen LogP contribution in [0.4, 0.5) is 0 Å². The summed E-state index contributed by atoms with van der Waals surface area (Å²) in [6.07, 6.45) is 0. The fourth-order valence-corrected chi connectivity index (χ4v) is 1.29. The van der Waals surface area contributed by atoms with Gasteiger partial charge in [-0.05, 0) is 5.56 Å². The standard InChI is InChI=1S/C7H6IO/c9-8-6-7-4-2-1-3-5-7/h1-6H. The number of rotatable bonds is 2. The lowest BCUT2D eigenvalue weighted by Gasteiger charge is -1.87. The normalized spacial score (nSPS) is 9.33. The third-order valence-electron chi connectivity index (χ3n) is 0.970. The monoisotopic (exact) mass is 233 g/mol. The largest absolute Gasteiger partial charge is 0.270 e. The third-order valence-corrected chi connectivity index (χ3v) is 1.94. The molecule has 0 saturated carbocycles. The fourth-order valence-electron chi connectivity index (χ4n) is 0.577. The van der Waals surface area contributed by atoms with E-state index < -0.39 is 21.2 Å². The predicted molar refractivity (Wildman–Crippen MR) is 44.6 cm³/mol. The summed E-state index contributed by atoms with van der Waals surface area (Å²) in [6.45, 7) is 0. The van der Waals surface area contributed by atoms with Crippen molar-refractivity contribution >= 4 is 21.2 Å². The molecule has 0 saturated heterocycles. The van der Waals surface area contributed by atoms with Gasteiger partial charge in [-0.25, -0.2) is 0 Å². The summed E-state index contributed by atoms with van der Waals surface area (Å²) in [6, 6.07) is 9.70. The van der Waals surface area contributed by atoms with E-state index >= 15 is 0 Å². The Bertz CT molecular complexity index is 183. The Morgan fingerprint density at radius 2 is 1.89 bits per heavy atom. The molecular formula is C7H6IO. The van der Waals surface area contributed by atoms with E-state index in [-0.39, 0.29) is 0 Å². The molecule has 0 heterocycles. The van der Waals surface area contributed by atoms with Gasteiger partial charge < -0.3 is 0 Å². The van der Waals surface area contributed by atoms with E-state index in [2.05, 4.69) is 0 Å². The summed E-state index contributed by atoms with van der Waals surface area (Å²) < 4.78 is 11.9. The van der Waals surface area contributed by atoms with Crippen LogP contribution in [0.1, 0.15) is 5.56 Å². The fraction of sp³-hybridized carbons (Fsp3) is 0. The van der Waals surface area contributed by atoms with Gasteiger partial charge in [0.1, 0.15) is 0 Å². The quantitative estimate of drug-likeness (QED) is 0.717. The highest BCUT2D eigenvalue weighted by molar-refractivity contribution is 14.1. The van der Waals surface area contributed by atoms with E-state index in [1.165, 1.54) is 0 Å². The van der Waals surface area contributed by atoms with E-state index in [9.17, 15) is 3.07 Å². The second-order valence-electron chi connectivity index (χ2n) is 1.61. The molecule has 2 heteroatoms. The number of hydrogen-bond donors (Lipinski definition) is 0. The van der Waals surface area contributed by atoms with Gasteiger partial charge in [-0.3, -0.25) is 3.07 Å². The van der Waals surface area contributed by atoms with Crippen molar-refractivity contribution in [3.05, 3.63) is 40.3 Å². The Hall–Kier alpha value is -0.250. The summed E-state index contributed by atoms with van der Waals surface area (Å²) >= 11 is -0.946. The molecule has 0 aliphatic carbocycles. The first-order chi connectivity index (χ1) is 4.43. The second-order valence-corrected chi connectivity index (χ2v) is 2.74. The molecule has 0 fully saturated rings. The van der Waals surface area contributed by atoms with Crippen LogP contribution in [0, 0.1) is 4.43 Å². The molecule has 0 amide bonds. The Labute approximate surface area is 64.7 Å². The molecule has 0 aliphatic rings. The Morgan fingerprint density at radius 1 is 1.22 bits per heavy atom. The van der Waals surface area contributed by atoms with E-state index in [0.29, 0.717) is 0 Å². The number of hydrogen-bond acceptors (Lipinski definition) is 1. The molecule has 0 atom stereocenters. The van der Waals surface area contributed by atoms with Crippen LogP contribution in [0.25, 0.3) is 0 Å². The van der Waals surface area contributed by atoms with Gasteiger partial charge in [-0.2, -0.15) is 0 Å². The summed E-state index contributed by atoms with van der Waals surface area (Å²) in [5.41, 5.74) is 1.06. The molecule has 47 valence electrons. The highest BCUT2D eigenvalue weighted by Crippen LogP contribution is 2.10. The van der Waals surface area contributed by atoms with E-state index in [0.717, 1.165) is 5.56 Å². The van der Waals surface area contributed by atoms with E-state index in [4.69, 9.17) is 0 Å². The minimum Gasteiger partial charge on any atom is -0.270 e. The summed E-state index contributed by atoms with van der Waals surface area (Å²) in [5, 5.41) is 0. The van der Waals surface area contributed by atoms with Crippen LogP contribution in [0.5, 0.6) is 0 Å². The Kier molecular flexibility index (Phi) is 2.83. The SMILES string of the molecule is O=I[CH]c1ccccc1. The maximum atomic E-state index is 10.2. The average molecular weight is 233 g/mol. The van der Waals surface area contributed by atoms with Gasteiger partial charge in [0.15, 0.2) is 21.2 Å². The van der Waals surface area contributed by atoms with Crippen LogP contribution in [0.15, 0.2) is 30.3 Å². The van der Waals surface area contributed by atoms with Crippen molar-refractivity contribution in [2.75, 3.05) is 0 Å². The molecule has 9 heavy (non-hydrogen) atoms. The topological polar surface area (TPSA) is 17.1 Å². The lowest BCUT2D eigenvalue weighted by molar-refractivity contribution is 0.648. The smallest absolute Gasteiger partial charge is 0.154 e. The van der Waals surface area contributed by atoms with Crippen molar-refractivity contribution in [3.8, 4) is 0 Å². The molecule has 0 bridgehead atoms. The minimum absolute atomic E-state index is 0.946. The first-order valence-corrected chi connectivity index (χ1v) is 4.70. The molecular weight excluding hydrogens is 227 g/mol. The Balaban J connectivity index is 2.72. The summed E-state index contributed by atoms with van der Waals surface area (Å²) in [7, 11) is 0. The molecule has 0 aliphatic heterocycles. The van der Waals surface area contributed by atoms with Crippen molar-refractivity contribution in [1.29, 1.82) is 0 Å². The van der Waals surface area contributed by atoms with Crippen molar-refractivity contribution in [2.24, 2.45) is 0 Å². The van der Waals surface area contributed by atoms with Gasteiger partial charge in [-0.15, -0.1) is 0 Å². The van der Waals surface area contributed by atoms with Crippen LogP contribution in [-0.4, -0.2) is 0 Å². The average Bonchev–Trinajstić information content (AvgIpc) is 1.91. The van der Waals surface area contributed by atoms with Gasteiger partial charge >= 0.3 is 0 Å². The van der Waals surface area contributed by atoms with Gasteiger partial charge in [0.25, 0.3) is 0 Å². The van der Waals surface area contributed by atoms with Gasteiger partial charge in [-0.1, -0.05) is 30.3 Å². The lowest BCUT2D eigenvalue weighted by Crippen LogP contribution is -1.69. The van der Waals surface area contributed by atoms with Crippen molar-refractivity contribution in [1.82, 2.24) is 0 Å². The maximum absolute atomic E-state index is 10.2. The zero-order chi connectivity index (χ0) is 6.53. The molecule has 0 aromatic heterocycles. The van der Waals surface area contributed by atoms with Crippen LogP contribution in [0.2, 0.25) is 0 Å². The van der Waals surface area contributed by atoms with E-state index in [1.807, 2.05) is 30.3 Å². The van der Waals surface area contributed by atoms with Gasteiger partial charge in [0.05, 0.1) is 4.43 Å². The third kappa shape index (κ3) is 2.22. The molecule has 0 spiro atoms. The second kappa shape index (κ2) is 3.71. The number of benzene rings is 1. The Morgan fingerprint density at radius 3 is 2.44 bits per heavy atom. The number of halogens is 1. The van der Waals surface area contributed by atoms with Gasteiger partial charge in [0, 0.05) is 0 Å². The van der Waals surface area contributed by atoms with Crippen molar-refractivity contribution < 1.29 is 3.07 Å². The molecule has 0 N–H and O–H groups in total. The first kappa shape index (κ1) is 6.86.